The molecule has 0 heterocycles. The van der Waals surface area contributed by atoms with Crippen LogP contribution >= 0.6 is 24.8 Å². The van der Waals surface area contributed by atoms with E-state index in [-0.39, 0.29) is 30.7 Å². The average molecular weight is 382 g/mol. The van der Waals surface area contributed by atoms with Crippen LogP contribution in [0.2, 0.25) is 0 Å². The van der Waals surface area contributed by atoms with Gasteiger partial charge in [0, 0.05) is 24.3 Å². The summed E-state index contributed by atoms with van der Waals surface area (Å²) in [5.74, 6) is -0.135. The quantitative estimate of drug-likeness (QED) is 0.751. The Morgan fingerprint density at radius 3 is 2.44 bits per heavy atom. The van der Waals surface area contributed by atoms with Gasteiger partial charge in [0.05, 0.1) is 11.4 Å². The highest BCUT2D eigenvalue weighted by Gasteiger charge is 2.22. The van der Waals surface area contributed by atoms with Crippen molar-refractivity contribution in [3.63, 3.8) is 0 Å². The smallest absolute Gasteiger partial charge is 0.255 e. The van der Waals surface area contributed by atoms with E-state index in [9.17, 15) is 4.79 Å². The van der Waals surface area contributed by atoms with E-state index >= 15 is 0 Å². The second kappa shape index (κ2) is 9.54. The van der Waals surface area contributed by atoms with Gasteiger partial charge >= 0.3 is 0 Å². The minimum atomic E-state index is -0.135. The molecule has 0 radical (unpaired) electrons. The van der Waals surface area contributed by atoms with Crippen LogP contribution in [0.4, 0.5) is 17.1 Å². The number of rotatable bonds is 4. The minimum absolute atomic E-state index is 0. The number of hydrogen-bond acceptors (Lipinski definition) is 3. The summed E-state index contributed by atoms with van der Waals surface area (Å²) in [5, 5.41) is 3.02. The molecule has 1 amide bonds. The van der Waals surface area contributed by atoms with Crippen LogP contribution in [0.15, 0.2) is 48.5 Å². The molecule has 0 bridgehead atoms. The Kier molecular flexibility index (Phi) is 8.07. The lowest BCUT2D eigenvalue weighted by molar-refractivity contribution is 0.102. The Morgan fingerprint density at radius 2 is 1.76 bits per heavy atom. The highest BCUT2D eigenvalue weighted by molar-refractivity contribution is 6.06. The highest BCUT2D eigenvalue weighted by atomic mass is 35.5. The summed E-state index contributed by atoms with van der Waals surface area (Å²) in [4.78, 5) is 14.8. The zero-order valence-electron chi connectivity index (χ0n) is 14.3. The summed E-state index contributed by atoms with van der Waals surface area (Å²) < 4.78 is 0. The third-order valence-corrected chi connectivity index (χ3v) is 4.55. The second-order valence-electron chi connectivity index (χ2n) is 6.15. The van der Waals surface area contributed by atoms with Crippen molar-refractivity contribution in [3.8, 4) is 0 Å². The van der Waals surface area contributed by atoms with Crippen molar-refractivity contribution < 1.29 is 4.79 Å². The van der Waals surface area contributed by atoms with Gasteiger partial charge in [0.1, 0.15) is 0 Å². The van der Waals surface area contributed by atoms with Crippen LogP contribution in [0.3, 0.4) is 0 Å². The normalized spacial score (nSPS) is 13.5. The fourth-order valence-electron chi connectivity index (χ4n) is 3.25. The van der Waals surface area contributed by atoms with Crippen molar-refractivity contribution in [3.05, 3.63) is 54.1 Å². The molecule has 25 heavy (non-hydrogen) atoms. The molecule has 0 unspecified atom stereocenters. The Labute approximate surface area is 161 Å². The van der Waals surface area contributed by atoms with E-state index in [1.54, 1.807) is 24.3 Å². The van der Waals surface area contributed by atoms with Crippen LogP contribution in [0.1, 0.15) is 36.0 Å². The van der Waals surface area contributed by atoms with E-state index in [0.29, 0.717) is 17.3 Å². The number of anilines is 3. The molecule has 4 nitrogen and oxygen atoms in total. The number of halogens is 2. The number of hydrogen-bond donors (Lipinski definition) is 2. The lowest BCUT2D eigenvalue weighted by Crippen LogP contribution is -2.29. The van der Waals surface area contributed by atoms with Crippen LogP contribution in [-0.4, -0.2) is 19.0 Å². The van der Waals surface area contributed by atoms with Gasteiger partial charge in [0.2, 0.25) is 0 Å². The predicted octanol–water partition coefficient (Wildman–Crippen LogP) is 4.74. The first kappa shape index (κ1) is 21.1. The second-order valence-corrected chi connectivity index (χ2v) is 6.15. The van der Waals surface area contributed by atoms with E-state index in [4.69, 9.17) is 5.73 Å². The lowest BCUT2D eigenvalue weighted by Gasteiger charge is -2.28. The lowest BCUT2D eigenvalue weighted by atomic mass is 10.1. The van der Waals surface area contributed by atoms with Gasteiger partial charge < -0.3 is 16.0 Å². The van der Waals surface area contributed by atoms with Crippen LogP contribution in [0, 0.1) is 0 Å². The van der Waals surface area contributed by atoms with Gasteiger partial charge in [-0.15, -0.1) is 24.8 Å². The van der Waals surface area contributed by atoms with Gasteiger partial charge in [-0.3, -0.25) is 4.79 Å². The van der Waals surface area contributed by atoms with Crippen molar-refractivity contribution in [2.45, 2.75) is 31.7 Å². The summed E-state index contributed by atoms with van der Waals surface area (Å²) in [5.41, 5.74) is 8.83. The van der Waals surface area contributed by atoms with Crippen LogP contribution < -0.4 is 16.0 Å². The van der Waals surface area contributed by atoms with Crippen molar-refractivity contribution >= 4 is 47.8 Å². The number of amides is 1. The SMILES string of the molecule is CN(c1ccccc1NC(=O)c1cccc(N)c1)C1CCCC1.Cl.Cl. The Balaban J connectivity index is 0.00000156. The monoisotopic (exact) mass is 381 g/mol. The van der Waals surface area contributed by atoms with E-state index in [0.717, 1.165) is 11.4 Å². The third-order valence-electron chi connectivity index (χ3n) is 4.55. The maximum Gasteiger partial charge on any atom is 0.255 e. The first-order valence-electron chi connectivity index (χ1n) is 8.14. The zero-order valence-corrected chi connectivity index (χ0v) is 15.9. The molecule has 0 spiro atoms. The maximum atomic E-state index is 12.5. The molecule has 2 aromatic rings. The highest BCUT2D eigenvalue weighted by Crippen LogP contribution is 2.32. The number of carbonyl (C=O) groups is 1. The van der Waals surface area contributed by atoms with Gasteiger partial charge in [0.15, 0.2) is 0 Å². The number of para-hydroxylation sites is 2. The summed E-state index contributed by atoms with van der Waals surface area (Å²) in [6.45, 7) is 0. The Morgan fingerprint density at radius 1 is 1.08 bits per heavy atom. The van der Waals surface area contributed by atoms with Crippen molar-refractivity contribution in [1.82, 2.24) is 0 Å². The van der Waals surface area contributed by atoms with Gasteiger partial charge in [-0.05, 0) is 43.2 Å². The van der Waals surface area contributed by atoms with Crippen LogP contribution in [0.5, 0.6) is 0 Å². The number of nitrogens with one attached hydrogen (secondary N) is 1. The average Bonchev–Trinajstić information content (AvgIpc) is 3.09. The number of carbonyl (C=O) groups excluding carboxylic acids is 1. The number of nitrogens with zero attached hydrogens (tertiary/aromatic N) is 1. The molecule has 136 valence electrons. The molecular formula is C19H25Cl2N3O. The van der Waals surface area contributed by atoms with Crippen molar-refractivity contribution in [2.24, 2.45) is 0 Å². The van der Waals surface area contributed by atoms with Gasteiger partial charge in [0.25, 0.3) is 5.91 Å². The molecule has 2 aromatic carbocycles. The zero-order chi connectivity index (χ0) is 16.2. The molecule has 1 aliphatic rings. The fraction of sp³-hybridized carbons (Fsp3) is 0.316. The van der Waals surface area contributed by atoms with Crippen LogP contribution in [-0.2, 0) is 0 Å². The Hall–Kier alpha value is -1.91. The molecule has 0 saturated heterocycles. The molecule has 1 aliphatic carbocycles. The molecule has 0 atom stereocenters. The van der Waals surface area contributed by atoms with Gasteiger partial charge in [-0.2, -0.15) is 0 Å². The predicted molar refractivity (Wildman–Crippen MR) is 110 cm³/mol. The summed E-state index contributed by atoms with van der Waals surface area (Å²) in [6, 6.07) is 15.6. The first-order chi connectivity index (χ1) is 11.1. The van der Waals surface area contributed by atoms with E-state index < -0.39 is 0 Å². The standard InChI is InChI=1S/C19H23N3O.2ClH/c1-22(16-9-2-3-10-16)18-12-5-4-11-17(18)21-19(23)14-7-6-8-15(20)13-14;;/h4-8,11-13,16H,2-3,9-10,20H2,1H3,(H,21,23);2*1H. The first-order valence-corrected chi connectivity index (χ1v) is 8.14. The molecule has 3 rings (SSSR count). The van der Waals surface area contributed by atoms with Crippen LogP contribution in [0.25, 0.3) is 0 Å². The van der Waals surface area contributed by atoms with Gasteiger partial charge in [-0.25, -0.2) is 0 Å². The van der Waals surface area contributed by atoms with E-state index in [1.807, 2.05) is 18.2 Å². The summed E-state index contributed by atoms with van der Waals surface area (Å²) in [6.07, 6.45) is 5.00. The number of nitrogen functional groups attached to an aromatic ring is 1. The summed E-state index contributed by atoms with van der Waals surface area (Å²) >= 11 is 0. The molecule has 0 aliphatic heterocycles. The van der Waals surface area contributed by atoms with Gasteiger partial charge in [-0.1, -0.05) is 31.0 Å². The molecule has 6 heteroatoms. The third kappa shape index (κ3) is 5.03. The molecule has 1 fully saturated rings. The number of nitrogens with two attached hydrogens (primary N) is 1. The fourth-order valence-corrected chi connectivity index (χ4v) is 3.25. The molecule has 3 N–H and O–H groups in total. The Bertz CT molecular complexity index is 703. The van der Waals surface area contributed by atoms with E-state index in [1.165, 1.54) is 25.7 Å². The molecule has 1 saturated carbocycles. The topological polar surface area (TPSA) is 58.4 Å². The largest absolute Gasteiger partial charge is 0.399 e. The summed E-state index contributed by atoms with van der Waals surface area (Å²) in [7, 11) is 2.11. The molecule has 0 aromatic heterocycles. The van der Waals surface area contributed by atoms with E-state index in [2.05, 4.69) is 23.3 Å². The van der Waals surface area contributed by atoms with Crippen molar-refractivity contribution in [1.29, 1.82) is 0 Å². The number of benzene rings is 2. The minimum Gasteiger partial charge on any atom is -0.399 e. The maximum absolute atomic E-state index is 12.5. The molecular weight excluding hydrogens is 357 g/mol. The van der Waals surface area contributed by atoms with Crippen molar-refractivity contribution in [2.75, 3.05) is 23.0 Å².